The first-order chi connectivity index (χ1) is 10.3. The van der Waals surface area contributed by atoms with Gasteiger partial charge in [0.2, 0.25) is 0 Å². The normalized spacial score (nSPS) is 28.1. The SMILES string of the molecule is CCCCc1ccc(N2C3CCC2CC(NCC)C3)cc1. The third kappa shape index (κ3) is 3.26. The topological polar surface area (TPSA) is 15.3 Å². The van der Waals surface area contributed by atoms with E-state index in [1.54, 1.807) is 0 Å². The van der Waals surface area contributed by atoms with Crippen LogP contribution >= 0.6 is 0 Å². The molecule has 2 heterocycles. The van der Waals surface area contributed by atoms with Crippen molar-refractivity contribution < 1.29 is 0 Å². The largest absolute Gasteiger partial charge is 0.365 e. The lowest BCUT2D eigenvalue weighted by atomic mass is 9.96. The molecule has 3 rings (SSSR count). The Kier molecular flexibility index (Phi) is 4.84. The van der Waals surface area contributed by atoms with E-state index in [2.05, 4.69) is 48.3 Å². The Balaban J connectivity index is 1.67. The van der Waals surface area contributed by atoms with Crippen molar-refractivity contribution in [1.29, 1.82) is 0 Å². The highest BCUT2D eigenvalue weighted by atomic mass is 15.2. The van der Waals surface area contributed by atoms with Crippen molar-refractivity contribution >= 4 is 5.69 Å². The number of fused-ring (bicyclic) bond motifs is 2. The molecule has 0 amide bonds. The lowest BCUT2D eigenvalue weighted by molar-refractivity contribution is 0.361. The maximum Gasteiger partial charge on any atom is 0.0371 e. The fourth-order valence-corrected chi connectivity index (χ4v) is 4.27. The number of hydrogen-bond donors (Lipinski definition) is 1. The zero-order valence-electron chi connectivity index (χ0n) is 13.6. The monoisotopic (exact) mass is 286 g/mol. The van der Waals surface area contributed by atoms with Crippen LogP contribution in [0.4, 0.5) is 5.69 Å². The fraction of sp³-hybridized carbons (Fsp3) is 0.684. The van der Waals surface area contributed by atoms with Crippen LogP contribution in [-0.4, -0.2) is 24.7 Å². The zero-order valence-corrected chi connectivity index (χ0v) is 13.6. The highest BCUT2D eigenvalue weighted by Gasteiger charge is 2.40. The van der Waals surface area contributed by atoms with Crippen LogP contribution in [0.1, 0.15) is 57.9 Å². The summed E-state index contributed by atoms with van der Waals surface area (Å²) >= 11 is 0. The molecular weight excluding hydrogens is 256 g/mol. The molecule has 1 aromatic rings. The van der Waals surface area contributed by atoms with Crippen LogP contribution in [0.2, 0.25) is 0 Å². The second kappa shape index (κ2) is 6.83. The van der Waals surface area contributed by atoms with Crippen molar-refractivity contribution in [2.24, 2.45) is 0 Å². The predicted molar refractivity (Wildman–Crippen MR) is 91.0 cm³/mol. The molecule has 2 bridgehead atoms. The Morgan fingerprint density at radius 2 is 1.71 bits per heavy atom. The fourth-order valence-electron chi connectivity index (χ4n) is 4.27. The quantitative estimate of drug-likeness (QED) is 0.845. The summed E-state index contributed by atoms with van der Waals surface area (Å²) in [4.78, 5) is 2.72. The van der Waals surface area contributed by atoms with Crippen molar-refractivity contribution in [3.8, 4) is 0 Å². The molecule has 2 unspecified atom stereocenters. The lowest BCUT2D eigenvalue weighted by Gasteiger charge is -2.41. The van der Waals surface area contributed by atoms with Gasteiger partial charge in [-0.3, -0.25) is 0 Å². The average molecular weight is 286 g/mol. The molecule has 2 heteroatoms. The summed E-state index contributed by atoms with van der Waals surface area (Å²) in [7, 11) is 0. The molecule has 0 radical (unpaired) electrons. The van der Waals surface area contributed by atoms with E-state index in [0.717, 1.165) is 24.7 Å². The molecule has 2 saturated heterocycles. The summed E-state index contributed by atoms with van der Waals surface area (Å²) in [6.45, 7) is 5.60. The van der Waals surface area contributed by atoms with E-state index in [0.29, 0.717) is 0 Å². The minimum absolute atomic E-state index is 0.743. The first-order valence-corrected chi connectivity index (χ1v) is 8.92. The Hall–Kier alpha value is -1.02. The van der Waals surface area contributed by atoms with E-state index in [9.17, 15) is 0 Å². The molecule has 0 aromatic heterocycles. The zero-order chi connectivity index (χ0) is 14.7. The number of unbranched alkanes of at least 4 members (excludes halogenated alkanes) is 1. The summed E-state index contributed by atoms with van der Waals surface area (Å²) in [6, 6.07) is 11.7. The van der Waals surface area contributed by atoms with E-state index in [4.69, 9.17) is 0 Å². The number of hydrogen-bond acceptors (Lipinski definition) is 2. The maximum absolute atomic E-state index is 3.66. The van der Waals surface area contributed by atoms with Crippen LogP contribution in [0.25, 0.3) is 0 Å². The molecule has 2 aliphatic heterocycles. The molecular formula is C19H30N2. The third-order valence-corrected chi connectivity index (χ3v) is 5.28. The van der Waals surface area contributed by atoms with E-state index >= 15 is 0 Å². The van der Waals surface area contributed by atoms with Crippen molar-refractivity contribution in [3.05, 3.63) is 29.8 Å². The molecule has 21 heavy (non-hydrogen) atoms. The summed E-state index contributed by atoms with van der Waals surface area (Å²) in [5.74, 6) is 0. The van der Waals surface area contributed by atoms with Crippen molar-refractivity contribution in [2.75, 3.05) is 11.4 Å². The molecule has 1 aromatic carbocycles. The number of aryl methyl sites for hydroxylation is 1. The summed E-state index contributed by atoms with van der Waals surface area (Å²) < 4.78 is 0. The molecule has 2 nitrogen and oxygen atoms in total. The number of anilines is 1. The van der Waals surface area contributed by atoms with Crippen molar-refractivity contribution in [3.63, 3.8) is 0 Å². The highest BCUT2D eigenvalue weighted by molar-refractivity contribution is 5.51. The molecule has 2 atom stereocenters. The summed E-state index contributed by atoms with van der Waals surface area (Å²) in [5.41, 5.74) is 2.95. The van der Waals surface area contributed by atoms with Crippen LogP contribution < -0.4 is 10.2 Å². The second-order valence-corrected chi connectivity index (χ2v) is 6.79. The molecule has 1 N–H and O–H groups in total. The van der Waals surface area contributed by atoms with Gasteiger partial charge in [-0.2, -0.15) is 0 Å². The number of piperidine rings is 1. The van der Waals surface area contributed by atoms with Gasteiger partial charge in [0, 0.05) is 23.8 Å². The molecule has 116 valence electrons. The van der Waals surface area contributed by atoms with Crippen LogP contribution in [0, 0.1) is 0 Å². The Labute approximate surface area is 129 Å². The number of benzene rings is 1. The molecule has 2 fully saturated rings. The molecule has 0 spiro atoms. The Bertz CT molecular complexity index is 425. The second-order valence-electron chi connectivity index (χ2n) is 6.79. The highest BCUT2D eigenvalue weighted by Crippen LogP contribution is 2.39. The first kappa shape index (κ1) is 14.9. The van der Waals surface area contributed by atoms with E-state index in [1.807, 2.05) is 0 Å². The van der Waals surface area contributed by atoms with E-state index in [1.165, 1.54) is 56.2 Å². The van der Waals surface area contributed by atoms with Gasteiger partial charge in [0.05, 0.1) is 0 Å². The number of nitrogens with one attached hydrogen (secondary N) is 1. The standard InChI is InChI=1S/C19H30N2/c1-3-5-6-15-7-9-17(10-8-15)21-18-11-12-19(21)14-16(13-18)20-4-2/h7-10,16,18-20H,3-6,11-14H2,1-2H3. The van der Waals surface area contributed by atoms with Gasteiger partial charge in [0.15, 0.2) is 0 Å². The average Bonchev–Trinajstić information content (AvgIpc) is 2.77. The Morgan fingerprint density at radius 3 is 2.29 bits per heavy atom. The van der Waals surface area contributed by atoms with Gasteiger partial charge in [-0.25, -0.2) is 0 Å². The summed E-state index contributed by atoms with van der Waals surface area (Å²) in [6.07, 6.45) is 9.22. The Morgan fingerprint density at radius 1 is 1.05 bits per heavy atom. The van der Waals surface area contributed by atoms with Crippen LogP contribution in [0.5, 0.6) is 0 Å². The molecule has 0 saturated carbocycles. The van der Waals surface area contributed by atoms with Gasteiger partial charge in [-0.15, -0.1) is 0 Å². The predicted octanol–water partition coefficient (Wildman–Crippen LogP) is 4.14. The first-order valence-electron chi connectivity index (χ1n) is 8.92. The molecule has 0 aliphatic carbocycles. The van der Waals surface area contributed by atoms with Gasteiger partial charge in [-0.1, -0.05) is 32.4 Å². The van der Waals surface area contributed by atoms with Crippen LogP contribution in [0.3, 0.4) is 0 Å². The van der Waals surface area contributed by atoms with Gasteiger partial charge in [-0.05, 0) is 62.8 Å². The van der Waals surface area contributed by atoms with Gasteiger partial charge < -0.3 is 10.2 Å². The van der Waals surface area contributed by atoms with Crippen LogP contribution in [-0.2, 0) is 6.42 Å². The van der Waals surface area contributed by atoms with Crippen molar-refractivity contribution in [2.45, 2.75) is 76.9 Å². The number of nitrogens with zero attached hydrogens (tertiary/aromatic N) is 1. The minimum atomic E-state index is 0.743. The smallest absolute Gasteiger partial charge is 0.0371 e. The minimum Gasteiger partial charge on any atom is -0.365 e. The van der Waals surface area contributed by atoms with E-state index < -0.39 is 0 Å². The lowest BCUT2D eigenvalue weighted by Crippen LogP contribution is -2.49. The van der Waals surface area contributed by atoms with Crippen LogP contribution in [0.15, 0.2) is 24.3 Å². The maximum atomic E-state index is 3.66. The van der Waals surface area contributed by atoms with E-state index in [-0.39, 0.29) is 0 Å². The third-order valence-electron chi connectivity index (χ3n) is 5.28. The van der Waals surface area contributed by atoms with Gasteiger partial charge in [0.1, 0.15) is 0 Å². The van der Waals surface area contributed by atoms with Crippen molar-refractivity contribution in [1.82, 2.24) is 5.32 Å². The van der Waals surface area contributed by atoms with Gasteiger partial charge in [0.25, 0.3) is 0 Å². The number of rotatable bonds is 6. The summed E-state index contributed by atoms with van der Waals surface area (Å²) in [5, 5.41) is 3.66. The van der Waals surface area contributed by atoms with Gasteiger partial charge >= 0.3 is 0 Å². The molecule has 2 aliphatic rings.